The maximum atomic E-state index is 12.7. The summed E-state index contributed by atoms with van der Waals surface area (Å²) in [5.41, 5.74) is 4.06. The van der Waals surface area contributed by atoms with Gasteiger partial charge in [-0.3, -0.25) is 4.79 Å². The zero-order valence-electron chi connectivity index (χ0n) is 23.0. The third kappa shape index (κ3) is 6.68. The lowest BCUT2D eigenvalue weighted by atomic mass is 10.0. The molecule has 1 unspecified atom stereocenters. The van der Waals surface area contributed by atoms with Crippen LogP contribution in [0.1, 0.15) is 77.2 Å². The predicted molar refractivity (Wildman–Crippen MR) is 158 cm³/mol. The van der Waals surface area contributed by atoms with Crippen LogP contribution < -0.4 is 5.32 Å². The Hall–Kier alpha value is -3.94. The summed E-state index contributed by atoms with van der Waals surface area (Å²) in [7, 11) is 0. The summed E-state index contributed by atoms with van der Waals surface area (Å²) in [6.07, 6.45) is -0.240. The van der Waals surface area contributed by atoms with E-state index in [1.807, 2.05) is 55.5 Å². The van der Waals surface area contributed by atoms with Crippen LogP contribution in [0.2, 0.25) is 0 Å². The van der Waals surface area contributed by atoms with Crippen LogP contribution in [0.25, 0.3) is 0 Å². The van der Waals surface area contributed by atoms with Gasteiger partial charge in [-0.1, -0.05) is 71.6 Å². The van der Waals surface area contributed by atoms with Gasteiger partial charge in [-0.15, -0.1) is 10.2 Å². The molecule has 1 amide bonds. The number of rotatable bonds is 9. The average Bonchev–Trinajstić information content (AvgIpc) is 3.59. The van der Waals surface area contributed by atoms with Crippen molar-refractivity contribution >= 4 is 40.9 Å². The number of carbonyl (C=O) groups excluding carboxylic acids is 3. The summed E-state index contributed by atoms with van der Waals surface area (Å²) in [5.74, 6) is -1.14. The highest BCUT2D eigenvalue weighted by Gasteiger charge is 2.33. The molecule has 4 aromatic rings. The molecule has 3 heterocycles. The molecule has 2 N–H and O–H groups in total. The van der Waals surface area contributed by atoms with Crippen LogP contribution in [0.5, 0.6) is 0 Å². The molecule has 43 heavy (non-hydrogen) atoms. The number of thioether (sulfide) groups is 1. The highest BCUT2D eigenvalue weighted by molar-refractivity contribution is 8.01. The molecule has 220 valence electrons. The fraction of sp³-hybridized carbons (Fsp3) is 0.258. The van der Waals surface area contributed by atoms with E-state index in [-0.39, 0.29) is 48.0 Å². The fourth-order valence-corrected chi connectivity index (χ4v) is 6.69. The SMILES string of the molecule is Cc1nnc(SC[C@@H]2C[C@H](c3ccc(CO)cc3)OC(c3ccc(CNC(=O)c4ccc5c(c4)C(=O)OC5=O)cc3)O2)s1. The molecule has 1 aromatic heterocycles. The molecule has 2 aliphatic rings. The van der Waals surface area contributed by atoms with Gasteiger partial charge in [0.2, 0.25) is 0 Å². The van der Waals surface area contributed by atoms with Gasteiger partial charge in [0, 0.05) is 29.8 Å². The number of nitrogens with zero attached hydrogens (tertiary/aromatic N) is 2. The van der Waals surface area contributed by atoms with E-state index in [4.69, 9.17) is 9.47 Å². The van der Waals surface area contributed by atoms with Crippen molar-refractivity contribution in [1.29, 1.82) is 0 Å². The minimum atomic E-state index is -0.752. The van der Waals surface area contributed by atoms with Gasteiger partial charge >= 0.3 is 11.9 Å². The molecule has 1 fully saturated rings. The molecule has 1 saturated heterocycles. The lowest BCUT2D eigenvalue weighted by Gasteiger charge is -2.36. The quantitative estimate of drug-likeness (QED) is 0.151. The Balaban J connectivity index is 1.12. The van der Waals surface area contributed by atoms with E-state index in [2.05, 4.69) is 20.3 Å². The minimum absolute atomic E-state index is 0.0200. The lowest BCUT2D eigenvalue weighted by Crippen LogP contribution is -2.31. The summed E-state index contributed by atoms with van der Waals surface area (Å²) in [6.45, 7) is 2.16. The molecule has 0 saturated carbocycles. The number of aromatic nitrogens is 2. The van der Waals surface area contributed by atoms with Crippen LogP contribution in [0.4, 0.5) is 0 Å². The summed E-state index contributed by atoms with van der Waals surface area (Å²) < 4.78 is 18.3. The highest BCUT2D eigenvalue weighted by atomic mass is 32.2. The predicted octanol–water partition coefficient (Wildman–Crippen LogP) is 4.92. The van der Waals surface area contributed by atoms with Gasteiger partial charge in [0.1, 0.15) is 5.01 Å². The molecule has 2 aliphatic heterocycles. The Kier molecular flexibility index (Phi) is 8.63. The number of fused-ring (bicyclic) bond motifs is 1. The van der Waals surface area contributed by atoms with Crippen LogP contribution in [0.15, 0.2) is 71.1 Å². The smallest absolute Gasteiger partial charge is 0.346 e. The third-order valence-corrected chi connectivity index (χ3v) is 9.23. The molecule has 0 radical (unpaired) electrons. The number of aliphatic hydroxyl groups excluding tert-OH is 1. The van der Waals surface area contributed by atoms with E-state index in [0.29, 0.717) is 12.2 Å². The molecule has 0 aliphatic carbocycles. The summed E-state index contributed by atoms with van der Waals surface area (Å²) in [5, 5.41) is 21.5. The van der Waals surface area contributed by atoms with Crippen molar-refractivity contribution in [2.75, 3.05) is 5.75 Å². The normalized spacial score (nSPS) is 19.6. The van der Waals surface area contributed by atoms with E-state index < -0.39 is 18.2 Å². The number of hydrogen-bond acceptors (Lipinski definition) is 11. The van der Waals surface area contributed by atoms with Gasteiger partial charge in [-0.05, 0) is 41.8 Å². The van der Waals surface area contributed by atoms with Crippen molar-refractivity contribution in [3.63, 3.8) is 0 Å². The second-order valence-electron chi connectivity index (χ2n) is 10.1. The molecule has 12 heteroatoms. The molecule has 3 aromatic carbocycles. The fourth-order valence-electron chi connectivity index (χ4n) is 4.83. The van der Waals surface area contributed by atoms with E-state index in [9.17, 15) is 19.5 Å². The largest absolute Gasteiger partial charge is 0.392 e. The summed E-state index contributed by atoms with van der Waals surface area (Å²) >= 11 is 3.17. The average molecular weight is 618 g/mol. The lowest BCUT2D eigenvalue weighted by molar-refractivity contribution is -0.245. The Morgan fingerprint density at radius 2 is 1.67 bits per heavy atom. The number of benzene rings is 3. The number of nitrogens with one attached hydrogen (secondary N) is 1. The zero-order valence-corrected chi connectivity index (χ0v) is 24.7. The molecule has 0 bridgehead atoms. The van der Waals surface area contributed by atoms with Crippen LogP contribution in [-0.2, 0) is 27.4 Å². The summed E-state index contributed by atoms with van der Waals surface area (Å²) in [6, 6.07) is 19.7. The monoisotopic (exact) mass is 617 g/mol. The van der Waals surface area contributed by atoms with Crippen LogP contribution in [0.3, 0.4) is 0 Å². The van der Waals surface area contributed by atoms with Crippen molar-refractivity contribution in [3.8, 4) is 0 Å². The topological polar surface area (TPSA) is 137 Å². The number of aliphatic hydroxyl groups is 1. The minimum Gasteiger partial charge on any atom is -0.392 e. The second-order valence-corrected chi connectivity index (χ2v) is 12.6. The van der Waals surface area contributed by atoms with Crippen LogP contribution in [-0.4, -0.2) is 45.0 Å². The van der Waals surface area contributed by atoms with Gasteiger partial charge in [-0.2, -0.15) is 0 Å². The maximum absolute atomic E-state index is 12.7. The van der Waals surface area contributed by atoms with Crippen molar-refractivity contribution in [2.24, 2.45) is 0 Å². The van der Waals surface area contributed by atoms with Gasteiger partial charge in [-0.25, -0.2) is 9.59 Å². The Labute approximate surface area is 255 Å². The van der Waals surface area contributed by atoms with E-state index in [1.165, 1.54) is 18.2 Å². The van der Waals surface area contributed by atoms with Crippen LogP contribution >= 0.6 is 23.1 Å². The first-order chi connectivity index (χ1) is 20.9. The Morgan fingerprint density at radius 3 is 2.40 bits per heavy atom. The van der Waals surface area contributed by atoms with Gasteiger partial charge in [0.25, 0.3) is 5.91 Å². The van der Waals surface area contributed by atoms with Crippen molar-refractivity contribution in [2.45, 2.75) is 49.3 Å². The molecule has 6 rings (SSSR count). The first-order valence-corrected chi connectivity index (χ1v) is 15.4. The van der Waals surface area contributed by atoms with Gasteiger partial charge in [0.05, 0.1) is 29.9 Å². The molecular weight excluding hydrogens is 590 g/mol. The van der Waals surface area contributed by atoms with E-state index in [0.717, 1.165) is 31.6 Å². The first-order valence-electron chi connectivity index (χ1n) is 13.6. The number of carbonyl (C=O) groups is 3. The number of aryl methyl sites for hydroxylation is 1. The molecule has 10 nitrogen and oxygen atoms in total. The van der Waals surface area contributed by atoms with Crippen molar-refractivity contribution < 1.29 is 33.7 Å². The van der Waals surface area contributed by atoms with Gasteiger partial charge in [0.15, 0.2) is 10.6 Å². The second kappa shape index (κ2) is 12.7. The van der Waals surface area contributed by atoms with E-state index >= 15 is 0 Å². The molecular formula is C31H27N3O7S2. The Bertz CT molecular complexity index is 1660. The number of esters is 2. The van der Waals surface area contributed by atoms with Crippen LogP contribution in [0, 0.1) is 6.92 Å². The Morgan fingerprint density at radius 1 is 0.953 bits per heavy atom. The van der Waals surface area contributed by atoms with Gasteiger partial charge < -0.3 is 24.6 Å². The molecule has 0 spiro atoms. The number of amides is 1. The molecule has 3 atom stereocenters. The first kappa shape index (κ1) is 29.1. The van der Waals surface area contributed by atoms with Crippen molar-refractivity contribution in [3.05, 3.63) is 111 Å². The highest BCUT2D eigenvalue weighted by Crippen LogP contribution is 2.39. The zero-order chi connectivity index (χ0) is 29.9. The summed E-state index contributed by atoms with van der Waals surface area (Å²) in [4.78, 5) is 36.2. The third-order valence-electron chi connectivity index (χ3n) is 7.13. The van der Waals surface area contributed by atoms with E-state index in [1.54, 1.807) is 23.1 Å². The van der Waals surface area contributed by atoms with Crippen molar-refractivity contribution in [1.82, 2.24) is 15.5 Å². The standard InChI is InChI=1S/C31H27N3O7S2/c1-17-33-34-31(43-17)42-16-23-13-26(20-6-4-19(15-35)5-7-20)40-30(39-23)21-8-2-18(3-9-21)14-32-27(36)22-10-11-24-25(12-22)29(38)41-28(24)37/h2-12,23,26,30,35H,13-16H2,1H3,(H,32,36)/t23-,26+,30?/m0/s1. The number of cyclic esters (lactones) is 2. The maximum Gasteiger partial charge on any atom is 0.346 e. The number of ether oxygens (including phenoxy) is 3. The number of hydrogen-bond donors (Lipinski definition) is 2.